The van der Waals surface area contributed by atoms with Gasteiger partial charge in [0.15, 0.2) is 5.82 Å². The van der Waals surface area contributed by atoms with Crippen LogP contribution in [-0.4, -0.2) is 20.4 Å². The molecule has 0 saturated heterocycles. The number of benzene rings is 3. The van der Waals surface area contributed by atoms with Gasteiger partial charge < -0.3 is 4.57 Å². The molecule has 3 aromatic carbocycles. The minimum Gasteiger partial charge on any atom is -0.316 e. The van der Waals surface area contributed by atoms with Crippen LogP contribution in [0, 0.1) is 0 Å². The fourth-order valence-corrected chi connectivity index (χ4v) is 3.97. The van der Waals surface area contributed by atoms with E-state index >= 15 is 0 Å². The smallest absolute Gasteiger partial charge is 0.316 e. The Morgan fingerprint density at radius 1 is 0.914 bits per heavy atom. The third-order valence-electron chi connectivity index (χ3n) is 5.39. The summed E-state index contributed by atoms with van der Waals surface area (Å²) in [7, 11) is 0. The molecule has 9 heteroatoms. The highest BCUT2D eigenvalue weighted by Gasteiger charge is 2.31. The Kier molecular flexibility index (Phi) is 5.86. The molecule has 0 spiro atoms. The topological polar surface area (TPSA) is 52.2 Å². The van der Waals surface area contributed by atoms with E-state index in [4.69, 9.17) is 0 Å². The molecule has 2 aromatic heterocycles. The number of halogens is 4. The zero-order valence-electron chi connectivity index (χ0n) is 17.9. The highest BCUT2D eigenvalue weighted by molar-refractivity contribution is 9.10. The van der Waals surface area contributed by atoms with E-state index in [1.54, 1.807) is 24.3 Å². The minimum absolute atomic E-state index is 0.0118. The van der Waals surface area contributed by atoms with Crippen LogP contribution in [0.25, 0.3) is 28.0 Å². The fourth-order valence-electron chi connectivity index (χ4n) is 3.71. The summed E-state index contributed by atoms with van der Waals surface area (Å²) in [5.74, 6) is 0.0118. The van der Waals surface area contributed by atoms with Crippen LogP contribution >= 0.6 is 15.9 Å². The van der Waals surface area contributed by atoms with Crippen molar-refractivity contribution in [1.82, 2.24) is 14.2 Å². The molecule has 174 valence electrons. The maximum absolute atomic E-state index is 13.4. The van der Waals surface area contributed by atoms with Gasteiger partial charge in [-0.05, 0) is 60.7 Å². The number of nitrogens with zero attached hydrogens (tertiary/aromatic N) is 4. The first-order valence-corrected chi connectivity index (χ1v) is 11.3. The zero-order valence-corrected chi connectivity index (χ0v) is 19.5. The highest BCUT2D eigenvalue weighted by Crippen LogP contribution is 2.32. The van der Waals surface area contributed by atoms with E-state index in [0.717, 1.165) is 27.0 Å². The summed E-state index contributed by atoms with van der Waals surface area (Å²) in [4.78, 5) is 17.8. The molecule has 0 saturated carbocycles. The molecule has 0 aliphatic rings. The van der Waals surface area contributed by atoms with Crippen LogP contribution in [0.15, 0.2) is 105 Å². The summed E-state index contributed by atoms with van der Waals surface area (Å²) < 4.78 is 43.9. The lowest BCUT2D eigenvalue weighted by Gasteiger charge is -2.12. The number of hydrogen-bond donors (Lipinski definition) is 0. The van der Waals surface area contributed by atoms with Gasteiger partial charge in [0.1, 0.15) is 0 Å². The molecule has 0 fully saturated rings. The molecule has 35 heavy (non-hydrogen) atoms. The molecular weight excluding hydrogens is 521 g/mol. The van der Waals surface area contributed by atoms with Gasteiger partial charge in [0.25, 0.3) is 5.56 Å². The van der Waals surface area contributed by atoms with Gasteiger partial charge in [-0.25, -0.2) is 4.98 Å². The van der Waals surface area contributed by atoms with E-state index in [1.165, 1.54) is 18.3 Å². The molecule has 0 unspecified atom stereocenters. The van der Waals surface area contributed by atoms with Crippen molar-refractivity contribution in [3.8, 4) is 17.1 Å². The molecule has 5 rings (SSSR count). The molecular formula is C26H16BrF3N4O. The second-order valence-electron chi connectivity index (χ2n) is 7.67. The first kappa shape index (κ1) is 22.8. The van der Waals surface area contributed by atoms with Gasteiger partial charge in [-0.15, -0.1) is 0 Å². The maximum Gasteiger partial charge on any atom is 0.416 e. The van der Waals surface area contributed by atoms with Crippen LogP contribution in [0.1, 0.15) is 11.3 Å². The summed E-state index contributed by atoms with van der Waals surface area (Å²) in [6, 6.07) is 22.6. The predicted octanol–water partition coefficient (Wildman–Crippen LogP) is 6.52. The molecule has 0 N–H and O–H groups in total. The first-order valence-electron chi connectivity index (χ1n) is 10.5. The molecule has 0 bridgehead atoms. The minimum atomic E-state index is -4.53. The predicted molar refractivity (Wildman–Crippen MR) is 133 cm³/mol. The zero-order chi connectivity index (χ0) is 24.6. The number of para-hydroxylation sites is 1. The molecule has 0 atom stereocenters. The van der Waals surface area contributed by atoms with Gasteiger partial charge in [0.2, 0.25) is 0 Å². The van der Waals surface area contributed by atoms with Gasteiger partial charge in [-0.2, -0.15) is 22.9 Å². The van der Waals surface area contributed by atoms with Crippen molar-refractivity contribution in [2.75, 3.05) is 0 Å². The summed E-state index contributed by atoms with van der Waals surface area (Å²) >= 11 is 3.41. The highest BCUT2D eigenvalue weighted by atomic mass is 79.9. The molecule has 0 aliphatic heterocycles. The van der Waals surface area contributed by atoms with Crippen molar-refractivity contribution in [2.45, 2.75) is 6.18 Å². The average molecular weight is 537 g/mol. The monoisotopic (exact) mass is 536 g/mol. The van der Waals surface area contributed by atoms with Crippen molar-refractivity contribution in [1.29, 1.82) is 0 Å². The van der Waals surface area contributed by atoms with Gasteiger partial charge in [-0.3, -0.25) is 4.79 Å². The SMILES string of the molecule is O=c1c2ccccc2nc(-c2cccc(C(F)(F)F)c2)n1N=Cc1cccn1-c1ccc(Br)cc1. The van der Waals surface area contributed by atoms with Gasteiger partial charge in [0.05, 0.1) is 28.4 Å². The standard InChI is InChI=1S/C26H16BrF3N4O/c27-19-10-12-20(13-11-19)33-14-4-7-21(33)16-31-34-24(17-5-3-6-18(15-17)26(28,29)30)32-23-9-2-1-8-22(23)25(34)35/h1-16H. The average Bonchev–Trinajstić information content (AvgIpc) is 3.32. The third kappa shape index (κ3) is 4.54. The number of hydrogen-bond acceptors (Lipinski definition) is 3. The van der Waals surface area contributed by atoms with Crippen LogP contribution < -0.4 is 5.56 Å². The van der Waals surface area contributed by atoms with Gasteiger partial charge in [-0.1, -0.05) is 40.2 Å². The quantitative estimate of drug-likeness (QED) is 0.245. The van der Waals surface area contributed by atoms with Crippen molar-refractivity contribution in [3.63, 3.8) is 0 Å². The van der Waals surface area contributed by atoms with E-state index in [0.29, 0.717) is 16.6 Å². The number of aromatic nitrogens is 3. The Labute approximate surface area is 205 Å². The molecule has 5 aromatic rings. The summed E-state index contributed by atoms with van der Waals surface area (Å²) in [6.45, 7) is 0. The van der Waals surface area contributed by atoms with Crippen LogP contribution in [0.3, 0.4) is 0 Å². The number of alkyl halides is 3. The van der Waals surface area contributed by atoms with Gasteiger partial charge >= 0.3 is 6.18 Å². The Morgan fingerprint density at radius 3 is 2.46 bits per heavy atom. The molecule has 5 nitrogen and oxygen atoms in total. The van der Waals surface area contributed by atoms with E-state index in [1.807, 2.05) is 47.2 Å². The molecule has 0 amide bonds. The lowest BCUT2D eigenvalue weighted by Crippen LogP contribution is -2.20. The lowest BCUT2D eigenvalue weighted by atomic mass is 10.1. The Hall–Kier alpha value is -3.98. The largest absolute Gasteiger partial charge is 0.416 e. The van der Waals surface area contributed by atoms with Crippen LogP contribution in [-0.2, 0) is 6.18 Å². The number of rotatable bonds is 4. The Balaban J connectivity index is 1.67. The van der Waals surface area contributed by atoms with Crippen LogP contribution in [0.5, 0.6) is 0 Å². The van der Waals surface area contributed by atoms with E-state index in [9.17, 15) is 18.0 Å². The first-order chi connectivity index (χ1) is 16.8. The fraction of sp³-hybridized carbons (Fsp3) is 0.0385. The Morgan fingerprint density at radius 2 is 1.69 bits per heavy atom. The van der Waals surface area contributed by atoms with E-state index in [2.05, 4.69) is 26.0 Å². The molecule has 0 aliphatic carbocycles. The van der Waals surface area contributed by atoms with Crippen molar-refractivity contribution >= 4 is 33.0 Å². The summed E-state index contributed by atoms with van der Waals surface area (Å²) in [6.07, 6.45) is -1.20. The normalized spacial score (nSPS) is 12.0. The van der Waals surface area contributed by atoms with Crippen molar-refractivity contribution in [3.05, 3.63) is 117 Å². The second-order valence-corrected chi connectivity index (χ2v) is 8.59. The van der Waals surface area contributed by atoms with E-state index < -0.39 is 17.3 Å². The van der Waals surface area contributed by atoms with Crippen LogP contribution in [0.2, 0.25) is 0 Å². The van der Waals surface area contributed by atoms with Crippen LogP contribution in [0.4, 0.5) is 13.2 Å². The molecule has 2 heterocycles. The maximum atomic E-state index is 13.4. The number of fused-ring (bicyclic) bond motifs is 1. The van der Waals surface area contributed by atoms with Crippen molar-refractivity contribution in [2.24, 2.45) is 5.10 Å². The second kappa shape index (κ2) is 8.99. The lowest BCUT2D eigenvalue weighted by molar-refractivity contribution is -0.137. The third-order valence-corrected chi connectivity index (χ3v) is 5.92. The van der Waals surface area contributed by atoms with Gasteiger partial charge in [0, 0.05) is 21.9 Å². The Bertz CT molecular complexity index is 1620. The molecule has 0 radical (unpaired) electrons. The van der Waals surface area contributed by atoms with Crippen molar-refractivity contribution < 1.29 is 13.2 Å². The summed E-state index contributed by atoms with van der Waals surface area (Å²) in [5, 5.41) is 4.68. The summed E-state index contributed by atoms with van der Waals surface area (Å²) in [5.41, 5.74) is 0.722. The van der Waals surface area contributed by atoms with E-state index in [-0.39, 0.29) is 11.4 Å².